The fourth-order valence-electron chi connectivity index (χ4n) is 2.50. The van der Waals surface area contributed by atoms with Gasteiger partial charge in [-0.2, -0.15) is 0 Å². The lowest BCUT2D eigenvalue weighted by Crippen LogP contribution is -2.45. The molecule has 1 aliphatic rings. The lowest BCUT2D eigenvalue weighted by molar-refractivity contribution is 0.131. The number of nitrogens with two attached hydrogens (primary N) is 1. The first kappa shape index (κ1) is 14.7. The zero-order valence-electron chi connectivity index (χ0n) is 12.1. The summed E-state index contributed by atoms with van der Waals surface area (Å²) in [4.78, 5) is 6.42. The third-order valence-electron chi connectivity index (χ3n) is 3.70. The van der Waals surface area contributed by atoms with E-state index in [4.69, 9.17) is 5.73 Å². The van der Waals surface area contributed by atoms with Crippen LogP contribution in [0.25, 0.3) is 0 Å². The summed E-state index contributed by atoms with van der Waals surface area (Å²) in [6.07, 6.45) is 0. The molecule has 1 aromatic rings. The zero-order chi connectivity index (χ0) is 13.7. The second-order valence-corrected chi connectivity index (χ2v) is 6.32. The second-order valence-electron chi connectivity index (χ2n) is 5.01. The summed E-state index contributed by atoms with van der Waals surface area (Å²) in [6.45, 7) is 11.4. The summed E-state index contributed by atoms with van der Waals surface area (Å²) in [5.74, 6) is 1.10. The number of likely N-dealkylation sites (N-methyl/N-ethyl adjacent to an activating group) is 1. The van der Waals surface area contributed by atoms with E-state index in [1.54, 1.807) is 0 Å². The van der Waals surface area contributed by atoms with Gasteiger partial charge in [0.25, 0.3) is 0 Å². The number of nitrogens with zero attached hydrogens (tertiary/aromatic N) is 2. The molecule has 0 aromatic heterocycles. The minimum absolute atomic E-state index is 0.871. The van der Waals surface area contributed by atoms with Crippen molar-refractivity contribution < 1.29 is 0 Å². The molecule has 0 amide bonds. The van der Waals surface area contributed by atoms with Gasteiger partial charge in [-0.05, 0) is 30.0 Å². The molecule has 1 aliphatic heterocycles. The molecule has 0 bridgehead atoms. The van der Waals surface area contributed by atoms with Crippen LogP contribution in [0.5, 0.6) is 0 Å². The van der Waals surface area contributed by atoms with Gasteiger partial charge >= 0.3 is 0 Å². The van der Waals surface area contributed by atoms with Gasteiger partial charge in [0.1, 0.15) is 0 Å². The van der Waals surface area contributed by atoms with Gasteiger partial charge < -0.3 is 10.6 Å². The van der Waals surface area contributed by atoms with Gasteiger partial charge in [0.2, 0.25) is 0 Å². The molecule has 4 heteroatoms. The Hall–Kier alpha value is -0.710. The Balaban J connectivity index is 1.99. The molecule has 0 aliphatic carbocycles. The van der Waals surface area contributed by atoms with Crippen LogP contribution in [-0.4, -0.2) is 48.3 Å². The summed E-state index contributed by atoms with van der Waals surface area (Å²) in [5, 5.41) is 0. The maximum atomic E-state index is 5.89. The average Bonchev–Trinajstić information content (AvgIpc) is 2.43. The molecule has 0 unspecified atom stereocenters. The van der Waals surface area contributed by atoms with Crippen molar-refractivity contribution in [3.05, 3.63) is 23.8 Å². The highest BCUT2D eigenvalue weighted by molar-refractivity contribution is 7.99. The molecule has 3 nitrogen and oxygen atoms in total. The van der Waals surface area contributed by atoms with Crippen molar-refractivity contribution in [3.63, 3.8) is 0 Å². The van der Waals surface area contributed by atoms with Crippen molar-refractivity contribution in [2.24, 2.45) is 0 Å². The molecule has 2 rings (SSSR count). The summed E-state index contributed by atoms with van der Waals surface area (Å²) in [6, 6.07) is 6.34. The first-order valence-electron chi connectivity index (χ1n) is 7.18. The highest BCUT2D eigenvalue weighted by atomic mass is 32.2. The van der Waals surface area contributed by atoms with E-state index < -0.39 is 0 Å². The minimum Gasteiger partial charge on any atom is -0.399 e. The van der Waals surface area contributed by atoms with Crippen LogP contribution in [0, 0.1) is 0 Å². The van der Waals surface area contributed by atoms with Crippen molar-refractivity contribution in [2.45, 2.75) is 25.3 Å². The normalized spacial score (nSPS) is 17.8. The number of anilines is 1. The largest absolute Gasteiger partial charge is 0.399 e. The van der Waals surface area contributed by atoms with Gasteiger partial charge in [0.15, 0.2) is 0 Å². The predicted molar refractivity (Wildman–Crippen MR) is 84.6 cm³/mol. The van der Waals surface area contributed by atoms with E-state index in [9.17, 15) is 0 Å². The molecule has 0 spiro atoms. The molecular weight excluding hydrogens is 254 g/mol. The second kappa shape index (κ2) is 7.17. The Morgan fingerprint density at radius 2 is 1.79 bits per heavy atom. The summed E-state index contributed by atoms with van der Waals surface area (Å²) in [5.41, 5.74) is 8.19. The van der Waals surface area contributed by atoms with Crippen LogP contribution >= 0.6 is 11.8 Å². The van der Waals surface area contributed by atoms with Crippen LogP contribution in [0.2, 0.25) is 0 Å². The molecule has 19 heavy (non-hydrogen) atoms. The number of rotatable bonds is 5. The number of hydrogen-bond acceptors (Lipinski definition) is 4. The number of nitrogen functional groups attached to an aromatic ring is 1. The predicted octanol–water partition coefficient (Wildman–Crippen LogP) is 2.52. The Bertz CT molecular complexity index is 400. The van der Waals surface area contributed by atoms with E-state index in [2.05, 4.69) is 35.8 Å². The number of hydrogen-bond donors (Lipinski definition) is 1. The number of thioether (sulfide) groups is 1. The van der Waals surface area contributed by atoms with E-state index in [-0.39, 0.29) is 0 Å². The van der Waals surface area contributed by atoms with Crippen molar-refractivity contribution >= 4 is 17.4 Å². The minimum atomic E-state index is 0.871. The molecule has 0 radical (unpaired) electrons. The molecule has 1 aromatic carbocycles. The Kier molecular flexibility index (Phi) is 5.55. The van der Waals surface area contributed by atoms with Crippen LogP contribution in [-0.2, 0) is 6.54 Å². The van der Waals surface area contributed by atoms with Gasteiger partial charge in [-0.1, -0.05) is 19.9 Å². The highest BCUT2D eigenvalue weighted by Gasteiger charge is 2.16. The molecule has 1 heterocycles. The van der Waals surface area contributed by atoms with Gasteiger partial charge in [0.05, 0.1) is 0 Å². The van der Waals surface area contributed by atoms with E-state index >= 15 is 0 Å². The molecule has 2 N–H and O–H groups in total. The molecule has 0 atom stereocenters. The first-order chi connectivity index (χ1) is 9.22. The van der Waals surface area contributed by atoms with Crippen LogP contribution in [0.3, 0.4) is 0 Å². The molecule has 1 fully saturated rings. The smallest absolute Gasteiger partial charge is 0.0325 e. The molecule has 106 valence electrons. The molecule has 1 saturated heterocycles. The summed E-state index contributed by atoms with van der Waals surface area (Å²) in [7, 11) is 0. The fraction of sp³-hybridized carbons (Fsp3) is 0.600. The third-order valence-corrected chi connectivity index (χ3v) is 4.68. The average molecular weight is 279 g/mol. The third kappa shape index (κ3) is 4.13. The summed E-state index contributed by atoms with van der Waals surface area (Å²) >= 11 is 1.89. The topological polar surface area (TPSA) is 32.5 Å². The SMILES string of the molecule is CCSc1cc(N)ccc1CN1CCN(CC)CC1. The highest BCUT2D eigenvalue weighted by Crippen LogP contribution is 2.26. The van der Waals surface area contributed by atoms with E-state index in [0.717, 1.165) is 18.0 Å². The maximum absolute atomic E-state index is 5.89. The van der Waals surface area contributed by atoms with Crippen molar-refractivity contribution in [1.82, 2.24) is 9.80 Å². The van der Waals surface area contributed by atoms with Crippen LogP contribution in [0.1, 0.15) is 19.4 Å². The summed E-state index contributed by atoms with van der Waals surface area (Å²) < 4.78 is 0. The fourth-order valence-corrected chi connectivity index (χ4v) is 3.34. The van der Waals surface area contributed by atoms with Crippen LogP contribution in [0.4, 0.5) is 5.69 Å². The van der Waals surface area contributed by atoms with Gasteiger partial charge in [-0.25, -0.2) is 0 Å². The van der Waals surface area contributed by atoms with Crippen LogP contribution in [0.15, 0.2) is 23.1 Å². The Morgan fingerprint density at radius 3 is 2.42 bits per heavy atom. The van der Waals surface area contributed by atoms with Crippen molar-refractivity contribution in [2.75, 3.05) is 44.2 Å². The lowest BCUT2D eigenvalue weighted by Gasteiger charge is -2.34. The lowest BCUT2D eigenvalue weighted by atomic mass is 10.2. The van der Waals surface area contributed by atoms with E-state index in [0.29, 0.717) is 0 Å². The number of piperazine rings is 1. The van der Waals surface area contributed by atoms with Crippen molar-refractivity contribution in [1.29, 1.82) is 0 Å². The Labute approximate surface area is 121 Å². The molecular formula is C15H25N3S. The van der Waals surface area contributed by atoms with E-state index in [1.807, 2.05) is 17.8 Å². The van der Waals surface area contributed by atoms with Crippen LogP contribution < -0.4 is 5.73 Å². The maximum Gasteiger partial charge on any atom is 0.0325 e. The standard InChI is InChI=1S/C15H25N3S/c1-3-17-7-9-18(10-8-17)12-13-5-6-14(16)11-15(13)19-4-2/h5-6,11H,3-4,7-10,12,16H2,1-2H3. The Morgan fingerprint density at radius 1 is 1.11 bits per heavy atom. The molecule has 0 saturated carbocycles. The van der Waals surface area contributed by atoms with Gasteiger partial charge in [-0.15, -0.1) is 11.8 Å². The van der Waals surface area contributed by atoms with Gasteiger partial charge in [-0.3, -0.25) is 4.90 Å². The first-order valence-corrected chi connectivity index (χ1v) is 8.17. The van der Waals surface area contributed by atoms with Gasteiger partial charge in [0, 0.05) is 43.3 Å². The number of benzene rings is 1. The van der Waals surface area contributed by atoms with Crippen molar-refractivity contribution in [3.8, 4) is 0 Å². The zero-order valence-corrected chi connectivity index (χ0v) is 12.9. The van der Waals surface area contributed by atoms with E-state index in [1.165, 1.54) is 43.2 Å². The quantitative estimate of drug-likeness (QED) is 0.663. The monoisotopic (exact) mass is 279 g/mol.